The molecule has 0 radical (unpaired) electrons. The van der Waals surface area contributed by atoms with Gasteiger partial charge in [-0.05, 0) is 31.3 Å². The molecule has 5 heteroatoms. The van der Waals surface area contributed by atoms with Crippen molar-refractivity contribution in [1.82, 2.24) is 9.97 Å². The fourth-order valence-electron chi connectivity index (χ4n) is 1.53. The van der Waals surface area contributed by atoms with Crippen molar-refractivity contribution in [1.29, 1.82) is 0 Å². The first-order chi connectivity index (χ1) is 8.29. The molecule has 17 heavy (non-hydrogen) atoms. The molecular formula is C12H20FN3S. The fourth-order valence-corrected chi connectivity index (χ4v) is 2.02. The molecule has 3 nitrogen and oxygen atoms in total. The Morgan fingerprint density at radius 3 is 2.82 bits per heavy atom. The molecule has 0 saturated heterocycles. The van der Waals surface area contributed by atoms with E-state index in [2.05, 4.69) is 21.5 Å². The minimum atomic E-state index is -0.306. The number of thioether (sulfide) groups is 1. The van der Waals surface area contributed by atoms with Crippen LogP contribution in [-0.4, -0.2) is 28.5 Å². The summed E-state index contributed by atoms with van der Waals surface area (Å²) in [4.78, 5) is 7.82. The van der Waals surface area contributed by atoms with Crippen molar-refractivity contribution in [3.05, 3.63) is 17.8 Å². The second kappa shape index (κ2) is 8.28. The van der Waals surface area contributed by atoms with Gasteiger partial charge in [0.25, 0.3) is 0 Å². The van der Waals surface area contributed by atoms with Gasteiger partial charge in [-0.3, -0.25) is 0 Å². The van der Waals surface area contributed by atoms with Crippen molar-refractivity contribution >= 4 is 17.6 Å². The average molecular weight is 257 g/mol. The van der Waals surface area contributed by atoms with E-state index in [1.165, 1.54) is 24.9 Å². The molecule has 0 atom stereocenters. The smallest absolute Gasteiger partial charge is 0.186 e. The largest absolute Gasteiger partial charge is 0.368 e. The SMILES string of the molecule is CCc1ncnc(NCCCCCSC)c1F. The van der Waals surface area contributed by atoms with Gasteiger partial charge in [0.2, 0.25) is 0 Å². The molecule has 0 aliphatic heterocycles. The lowest BCUT2D eigenvalue weighted by atomic mass is 10.2. The molecule has 1 rings (SSSR count). The number of halogens is 1. The quantitative estimate of drug-likeness (QED) is 0.726. The molecular weight excluding hydrogens is 237 g/mol. The Kier molecular flexibility index (Phi) is 6.93. The molecule has 1 aromatic heterocycles. The molecule has 0 aliphatic rings. The Morgan fingerprint density at radius 2 is 2.12 bits per heavy atom. The lowest BCUT2D eigenvalue weighted by Crippen LogP contribution is -2.08. The first-order valence-corrected chi connectivity index (χ1v) is 7.41. The molecule has 0 aromatic carbocycles. The van der Waals surface area contributed by atoms with E-state index < -0.39 is 0 Å². The van der Waals surface area contributed by atoms with Crippen molar-refractivity contribution in [2.45, 2.75) is 32.6 Å². The van der Waals surface area contributed by atoms with Crippen molar-refractivity contribution in [3.63, 3.8) is 0 Å². The van der Waals surface area contributed by atoms with E-state index in [9.17, 15) is 4.39 Å². The van der Waals surface area contributed by atoms with Gasteiger partial charge in [-0.1, -0.05) is 13.3 Å². The van der Waals surface area contributed by atoms with Crippen LogP contribution in [0.15, 0.2) is 6.33 Å². The van der Waals surface area contributed by atoms with Gasteiger partial charge in [-0.25, -0.2) is 14.4 Å². The maximum atomic E-state index is 13.7. The van der Waals surface area contributed by atoms with Gasteiger partial charge in [0, 0.05) is 6.54 Å². The number of unbranched alkanes of at least 4 members (excludes halogenated alkanes) is 2. The van der Waals surface area contributed by atoms with Gasteiger partial charge in [-0.2, -0.15) is 11.8 Å². The van der Waals surface area contributed by atoms with Crippen molar-refractivity contribution < 1.29 is 4.39 Å². The normalized spacial score (nSPS) is 10.5. The predicted molar refractivity (Wildman–Crippen MR) is 72.1 cm³/mol. The summed E-state index contributed by atoms with van der Waals surface area (Å²) < 4.78 is 13.7. The molecule has 0 amide bonds. The first-order valence-electron chi connectivity index (χ1n) is 6.01. The van der Waals surface area contributed by atoms with Crippen molar-refractivity contribution in [3.8, 4) is 0 Å². The molecule has 96 valence electrons. The van der Waals surface area contributed by atoms with Gasteiger partial charge < -0.3 is 5.32 Å². The van der Waals surface area contributed by atoms with E-state index in [-0.39, 0.29) is 5.82 Å². The first kappa shape index (κ1) is 14.2. The van der Waals surface area contributed by atoms with Crippen LogP contribution < -0.4 is 5.32 Å². The van der Waals surface area contributed by atoms with E-state index in [0.29, 0.717) is 17.9 Å². The standard InChI is InChI=1S/C12H20FN3S/c1-3-10-11(13)12(16-9-15-10)14-7-5-4-6-8-17-2/h9H,3-8H2,1-2H3,(H,14,15,16). The van der Waals surface area contributed by atoms with Crippen LogP contribution in [0.4, 0.5) is 10.2 Å². The Labute approximate surface area is 107 Å². The third-order valence-electron chi connectivity index (χ3n) is 2.51. The van der Waals surface area contributed by atoms with Gasteiger partial charge in [0.15, 0.2) is 11.6 Å². The second-order valence-electron chi connectivity index (χ2n) is 3.82. The predicted octanol–water partition coefficient (Wildman–Crippen LogP) is 3.12. The summed E-state index contributed by atoms with van der Waals surface area (Å²) in [5.74, 6) is 1.22. The summed E-state index contributed by atoms with van der Waals surface area (Å²) in [6.07, 6.45) is 7.55. The maximum absolute atomic E-state index is 13.7. The van der Waals surface area contributed by atoms with Crippen LogP contribution in [-0.2, 0) is 6.42 Å². The zero-order valence-electron chi connectivity index (χ0n) is 10.5. The molecule has 0 saturated carbocycles. The number of nitrogens with zero attached hydrogens (tertiary/aromatic N) is 2. The highest BCUT2D eigenvalue weighted by Crippen LogP contribution is 2.13. The van der Waals surface area contributed by atoms with Gasteiger partial charge in [-0.15, -0.1) is 0 Å². The van der Waals surface area contributed by atoms with Crippen molar-refractivity contribution in [2.75, 3.05) is 23.9 Å². The lowest BCUT2D eigenvalue weighted by Gasteiger charge is -2.07. The Hall–Kier alpha value is -0.840. The highest BCUT2D eigenvalue weighted by molar-refractivity contribution is 7.98. The van der Waals surface area contributed by atoms with Crippen LogP contribution in [0.25, 0.3) is 0 Å². The summed E-state index contributed by atoms with van der Waals surface area (Å²) in [7, 11) is 0. The summed E-state index contributed by atoms with van der Waals surface area (Å²) in [6, 6.07) is 0. The van der Waals surface area contributed by atoms with E-state index >= 15 is 0 Å². The van der Waals surface area contributed by atoms with Crippen molar-refractivity contribution in [2.24, 2.45) is 0 Å². The average Bonchev–Trinajstić information content (AvgIpc) is 2.35. The van der Waals surface area contributed by atoms with E-state index in [1.54, 1.807) is 0 Å². The highest BCUT2D eigenvalue weighted by atomic mass is 32.2. The third-order valence-corrected chi connectivity index (χ3v) is 3.21. The van der Waals surface area contributed by atoms with Crippen LogP contribution in [0.3, 0.4) is 0 Å². The van der Waals surface area contributed by atoms with Crippen LogP contribution >= 0.6 is 11.8 Å². The Bertz CT molecular complexity index is 334. The molecule has 1 N–H and O–H groups in total. The second-order valence-corrected chi connectivity index (χ2v) is 4.80. The Balaban J connectivity index is 2.31. The summed E-state index contributed by atoms with van der Waals surface area (Å²) >= 11 is 1.86. The van der Waals surface area contributed by atoms with Crippen LogP contribution in [0.1, 0.15) is 31.9 Å². The molecule has 0 fully saturated rings. The third kappa shape index (κ3) is 4.89. The number of rotatable bonds is 8. The Morgan fingerprint density at radius 1 is 1.29 bits per heavy atom. The molecule has 1 aromatic rings. The van der Waals surface area contributed by atoms with E-state index in [4.69, 9.17) is 0 Å². The number of nitrogens with one attached hydrogen (secondary N) is 1. The zero-order chi connectivity index (χ0) is 12.5. The number of hydrogen-bond donors (Lipinski definition) is 1. The summed E-state index contributed by atoms with van der Waals surface area (Å²) in [5, 5.41) is 3.03. The number of aryl methyl sites for hydroxylation is 1. The molecule has 0 aliphatic carbocycles. The highest BCUT2D eigenvalue weighted by Gasteiger charge is 2.08. The van der Waals surface area contributed by atoms with Gasteiger partial charge in [0.1, 0.15) is 6.33 Å². The maximum Gasteiger partial charge on any atom is 0.186 e. The van der Waals surface area contributed by atoms with Crippen LogP contribution in [0, 0.1) is 5.82 Å². The van der Waals surface area contributed by atoms with Gasteiger partial charge in [0.05, 0.1) is 5.69 Å². The monoisotopic (exact) mass is 257 g/mol. The molecule has 1 heterocycles. The molecule has 0 unspecified atom stereocenters. The van der Waals surface area contributed by atoms with Gasteiger partial charge >= 0.3 is 0 Å². The minimum Gasteiger partial charge on any atom is -0.368 e. The number of hydrogen-bond acceptors (Lipinski definition) is 4. The topological polar surface area (TPSA) is 37.8 Å². The van der Waals surface area contributed by atoms with Crippen LogP contribution in [0.2, 0.25) is 0 Å². The summed E-state index contributed by atoms with van der Waals surface area (Å²) in [6.45, 7) is 2.66. The van der Waals surface area contributed by atoms with E-state index in [0.717, 1.165) is 13.0 Å². The lowest BCUT2D eigenvalue weighted by molar-refractivity contribution is 0.595. The van der Waals surface area contributed by atoms with E-state index in [1.807, 2.05) is 18.7 Å². The van der Waals surface area contributed by atoms with Crippen LogP contribution in [0.5, 0.6) is 0 Å². The zero-order valence-corrected chi connectivity index (χ0v) is 11.3. The minimum absolute atomic E-state index is 0.306. The number of anilines is 1. The number of aromatic nitrogens is 2. The molecule has 0 spiro atoms. The molecule has 0 bridgehead atoms. The fraction of sp³-hybridized carbons (Fsp3) is 0.667. The summed E-state index contributed by atoms with van der Waals surface area (Å²) in [5.41, 5.74) is 0.477.